The minimum Gasteiger partial charge on any atom is -0.615 e. The summed E-state index contributed by atoms with van der Waals surface area (Å²) in [5.74, 6) is 0.357. The van der Waals surface area contributed by atoms with E-state index in [0.29, 0.717) is 5.75 Å². The maximum absolute atomic E-state index is 11.5. The third-order valence-electron chi connectivity index (χ3n) is 2.08. The predicted molar refractivity (Wildman–Crippen MR) is 53.9 cm³/mol. The second kappa shape index (κ2) is 5.29. The molecule has 1 saturated heterocycles. The molecule has 1 N–H and O–H groups in total. The molecule has 1 amide bonds. The van der Waals surface area contributed by atoms with E-state index in [9.17, 15) is 9.35 Å². The molecule has 0 aliphatic carbocycles. The first kappa shape index (κ1) is 10.6. The first-order chi connectivity index (χ1) is 6.25. The molecule has 0 aromatic carbocycles. The molecule has 13 heavy (non-hydrogen) atoms. The number of carbonyl (C=O) groups is 1. The molecule has 1 aliphatic heterocycles. The van der Waals surface area contributed by atoms with Crippen molar-refractivity contribution in [2.75, 3.05) is 12.3 Å². The summed E-state index contributed by atoms with van der Waals surface area (Å²) in [5, 5.41) is 2.45. The van der Waals surface area contributed by atoms with Gasteiger partial charge in [0.1, 0.15) is 5.75 Å². The van der Waals surface area contributed by atoms with E-state index < -0.39 is 11.2 Å². The first-order valence-corrected chi connectivity index (χ1v) is 5.89. The molecule has 0 aromatic heterocycles. The van der Waals surface area contributed by atoms with Gasteiger partial charge in [0.15, 0.2) is 5.25 Å². The Morgan fingerprint density at radius 2 is 2.46 bits per heavy atom. The van der Waals surface area contributed by atoms with E-state index in [1.165, 1.54) is 0 Å². The fraction of sp³-hybridized carbons (Fsp3) is 0.667. The summed E-state index contributed by atoms with van der Waals surface area (Å²) in [6.45, 7) is 4.24. The summed E-state index contributed by atoms with van der Waals surface area (Å²) in [6.07, 6.45) is 4.32. The highest BCUT2D eigenvalue weighted by molar-refractivity contribution is 7.92. The van der Waals surface area contributed by atoms with Crippen molar-refractivity contribution in [1.82, 2.24) is 5.32 Å². The van der Waals surface area contributed by atoms with Crippen molar-refractivity contribution in [2.45, 2.75) is 24.5 Å². The summed E-state index contributed by atoms with van der Waals surface area (Å²) < 4.78 is 11.5. The first-order valence-electron chi connectivity index (χ1n) is 4.51. The van der Waals surface area contributed by atoms with Crippen molar-refractivity contribution in [1.29, 1.82) is 0 Å². The molecule has 0 aromatic rings. The zero-order valence-electron chi connectivity index (χ0n) is 7.62. The quantitative estimate of drug-likeness (QED) is 0.536. The van der Waals surface area contributed by atoms with Gasteiger partial charge >= 0.3 is 0 Å². The lowest BCUT2D eigenvalue weighted by Crippen LogP contribution is -2.39. The smallest absolute Gasteiger partial charge is 0.273 e. The Balaban J connectivity index is 2.52. The summed E-state index contributed by atoms with van der Waals surface area (Å²) in [4.78, 5) is 11.4. The van der Waals surface area contributed by atoms with Crippen molar-refractivity contribution in [2.24, 2.45) is 0 Å². The van der Waals surface area contributed by atoms with Gasteiger partial charge in [-0.25, -0.2) is 0 Å². The van der Waals surface area contributed by atoms with Gasteiger partial charge in [-0.1, -0.05) is 6.58 Å². The fourth-order valence-electron chi connectivity index (χ4n) is 1.39. The van der Waals surface area contributed by atoms with Crippen LogP contribution >= 0.6 is 0 Å². The Morgan fingerprint density at radius 3 is 3.15 bits per heavy atom. The van der Waals surface area contributed by atoms with Crippen LogP contribution < -0.4 is 5.32 Å². The van der Waals surface area contributed by atoms with Crippen LogP contribution in [0.15, 0.2) is 12.7 Å². The van der Waals surface area contributed by atoms with E-state index in [2.05, 4.69) is 11.9 Å². The Hall–Kier alpha value is -0.480. The van der Waals surface area contributed by atoms with E-state index in [0.717, 1.165) is 25.8 Å². The molecule has 1 heterocycles. The van der Waals surface area contributed by atoms with Gasteiger partial charge in [-0.2, -0.15) is 0 Å². The lowest BCUT2D eigenvalue weighted by Gasteiger charge is -2.17. The molecule has 1 rings (SSSR count). The van der Waals surface area contributed by atoms with Gasteiger partial charge in [0.25, 0.3) is 5.91 Å². The second-order valence-corrected chi connectivity index (χ2v) is 4.78. The van der Waals surface area contributed by atoms with Gasteiger partial charge in [0, 0.05) is 13.0 Å². The number of amides is 1. The van der Waals surface area contributed by atoms with Crippen molar-refractivity contribution >= 4 is 17.1 Å². The second-order valence-electron chi connectivity index (χ2n) is 3.11. The van der Waals surface area contributed by atoms with E-state index in [-0.39, 0.29) is 11.2 Å². The van der Waals surface area contributed by atoms with Crippen molar-refractivity contribution < 1.29 is 9.35 Å². The molecule has 2 unspecified atom stereocenters. The predicted octanol–water partition coefficient (Wildman–Crippen LogP) is 0.590. The van der Waals surface area contributed by atoms with Crippen LogP contribution in [0.2, 0.25) is 0 Å². The minimum absolute atomic E-state index is 0.0577. The molecule has 1 aliphatic rings. The van der Waals surface area contributed by atoms with Crippen molar-refractivity contribution in [3.63, 3.8) is 0 Å². The van der Waals surface area contributed by atoms with Crippen LogP contribution in [0, 0.1) is 0 Å². The molecule has 2 atom stereocenters. The Morgan fingerprint density at radius 1 is 1.69 bits per heavy atom. The molecule has 0 bridgehead atoms. The monoisotopic (exact) mass is 201 g/mol. The average molecular weight is 201 g/mol. The standard InChI is InChI=1S/C9H15NO2S/c1-2-7-13(12)8-5-3-4-6-10-9(8)11/h2,8H,1,3-7H2,(H,10,11). The number of rotatable bonds is 3. The third kappa shape index (κ3) is 3.04. The van der Waals surface area contributed by atoms with Gasteiger partial charge in [0.05, 0.1) is 0 Å². The highest BCUT2D eigenvalue weighted by atomic mass is 32.2. The molecule has 3 nitrogen and oxygen atoms in total. The topological polar surface area (TPSA) is 52.2 Å². The Kier molecular flexibility index (Phi) is 4.32. The highest BCUT2D eigenvalue weighted by Crippen LogP contribution is 2.14. The van der Waals surface area contributed by atoms with Gasteiger partial charge in [-0.15, -0.1) is 0 Å². The van der Waals surface area contributed by atoms with Gasteiger partial charge in [0.2, 0.25) is 0 Å². The van der Waals surface area contributed by atoms with Crippen molar-refractivity contribution in [3.05, 3.63) is 12.7 Å². The third-order valence-corrected chi connectivity index (χ3v) is 3.73. The molecule has 1 fully saturated rings. The summed E-state index contributed by atoms with van der Waals surface area (Å²) in [5.41, 5.74) is 0. The zero-order valence-corrected chi connectivity index (χ0v) is 8.44. The molecule has 0 saturated carbocycles. The van der Waals surface area contributed by atoms with Crippen LogP contribution in [0.25, 0.3) is 0 Å². The minimum atomic E-state index is -1.08. The zero-order chi connectivity index (χ0) is 9.68. The molecule has 0 spiro atoms. The summed E-state index contributed by atoms with van der Waals surface area (Å²) >= 11 is -1.08. The molecule has 4 heteroatoms. The largest absolute Gasteiger partial charge is 0.615 e. The van der Waals surface area contributed by atoms with Crippen LogP contribution in [0.1, 0.15) is 19.3 Å². The van der Waals surface area contributed by atoms with Gasteiger partial charge < -0.3 is 9.87 Å². The SMILES string of the molecule is C=CC[S+]([O-])C1CCCCNC1=O. The van der Waals surface area contributed by atoms with E-state index in [4.69, 9.17) is 0 Å². The fourth-order valence-corrected chi connectivity index (χ4v) is 2.61. The van der Waals surface area contributed by atoms with Crippen LogP contribution in [-0.4, -0.2) is 28.0 Å². The molecule has 0 radical (unpaired) electrons. The number of hydrogen-bond donors (Lipinski definition) is 1. The molecular weight excluding hydrogens is 186 g/mol. The lowest BCUT2D eigenvalue weighted by atomic mass is 10.2. The molecule has 74 valence electrons. The normalized spacial score (nSPS) is 25.9. The van der Waals surface area contributed by atoms with Gasteiger partial charge in [-0.05, 0) is 30.1 Å². The average Bonchev–Trinajstić information content (AvgIpc) is 2.30. The van der Waals surface area contributed by atoms with E-state index in [1.54, 1.807) is 6.08 Å². The van der Waals surface area contributed by atoms with Crippen LogP contribution in [0.5, 0.6) is 0 Å². The number of nitrogens with one attached hydrogen (secondary N) is 1. The Labute approximate surface area is 81.8 Å². The van der Waals surface area contributed by atoms with Crippen LogP contribution in [0.3, 0.4) is 0 Å². The highest BCUT2D eigenvalue weighted by Gasteiger charge is 2.30. The van der Waals surface area contributed by atoms with Crippen molar-refractivity contribution in [3.8, 4) is 0 Å². The molecular formula is C9H15NO2S. The maximum Gasteiger partial charge on any atom is 0.273 e. The van der Waals surface area contributed by atoms with E-state index >= 15 is 0 Å². The van der Waals surface area contributed by atoms with E-state index in [1.807, 2.05) is 0 Å². The van der Waals surface area contributed by atoms with Crippen LogP contribution in [-0.2, 0) is 16.0 Å². The summed E-state index contributed by atoms with van der Waals surface area (Å²) in [7, 11) is 0. The lowest BCUT2D eigenvalue weighted by molar-refractivity contribution is -0.120. The van der Waals surface area contributed by atoms with Crippen LogP contribution in [0.4, 0.5) is 0 Å². The maximum atomic E-state index is 11.5. The number of hydrogen-bond acceptors (Lipinski definition) is 2. The van der Waals surface area contributed by atoms with Gasteiger partial charge in [-0.3, -0.25) is 4.79 Å². The summed E-state index contributed by atoms with van der Waals surface area (Å²) in [6, 6.07) is 0. The number of carbonyl (C=O) groups excluding carboxylic acids is 1. The Bertz CT molecular complexity index is 196.